The number of piperazine rings is 1. The van der Waals surface area contributed by atoms with E-state index in [0.717, 1.165) is 4.90 Å². The number of non-ortho nitro benzene ring substituents is 1. The van der Waals surface area contributed by atoms with E-state index >= 15 is 0 Å². The van der Waals surface area contributed by atoms with Crippen molar-refractivity contribution in [3.05, 3.63) is 105 Å². The molecule has 0 atom stereocenters. The highest BCUT2D eigenvalue weighted by Crippen LogP contribution is 2.34. The molecule has 1 fully saturated rings. The van der Waals surface area contributed by atoms with E-state index in [9.17, 15) is 36.9 Å². The van der Waals surface area contributed by atoms with Gasteiger partial charge in [0.2, 0.25) is 5.82 Å². The van der Waals surface area contributed by atoms with Gasteiger partial charge in [-0.05, 0) is 30.3 Å². The van der Waals surface area contributed by atoms with Gasteiger partial charge < -0.3 is 19.5 Å². The molecule has 4 aromatic rings. The molecule has 0 radical (unpaired) electrons. The summed E-state index contributed by atoms with van der Waals surface area (Å²) in [6.45, 7) is 0.243. The normalized spacial score (nSPS) is 13.4. The van der Waals surface area contributed by atoms with E-state index in [-0.39, 0.29) is 48.4 Å². The molecule has 0 unspecified atom stereocenters. The third-order valence-electron chi connectivity index (χ3n) is 6.50. The van der Waals surface area contributed by atoms with Gasteiger partial charge in [0.25, 0.3) is 11.6 Å². The van der Waals surface area contributed by atoms with Crippen LogP contribution in [0.2, 0.25) is 5.02 Å². The lowest BCUT2D eigenvalue weighted by Gasteiger charge is -2.38. The molecule has 1 aliphatic rings. The second-order valence-electron chi connectivity index (χ2n) is 8.98. The lowest BCUT2D eigenvalue weighted by Crippen LogP contribution is -2.47. The van der Waals surface area contributed by atoms with Crippen molar-refractivity contribution < 1.29 is 36.1 Å². The van der Waals surface area contributed by atoms with E-state index in [1.807, 2.05) is 0 Å². The Kier molecular flexibility index (Phi) is 7.54. The molecular formula is C27H18ClF5N4O4. The van der Waals surface area contributed by atoms with E-state index < -0.39 is 45.6 Å². The number of furan rings is 1. The minimum Gasteiger partial charge on any atom is -0.451 e. The highest BCUT2D eigenvalue weighted by Gasteiger charge is 2.31. The topological polar surface area (TPSA) is 91.9 Å². The molecule has 41 heavy (non-hydrogen) atoms. The molecule has 0 saturated carbocycles. The fourth-order valence-electron chi connectivity index (χ4n) is 4.46. The number of halogens is 6. The molecule has 1 aliphatic heterocycles. The minimum atomic E-state index is -2.21. The van der Waals surface area contributed by atoms with Gasteiger partial charge in [0.1, 0.15) is 11.4 Å². The van der Waals surface area contributed by atoms with E-state index in [2.05, 4.69) is 5.32 Å². The number of nitro groups is 1. The minimum absolute atomic E-state index is 0.0431. The first kappa shape index (κ1) is 27.9. The first-order chi connectivity index (χ1) is 19.5. The second-order valence-corrected chi connectivity index (χ2v) is 9.39. The predicted octanol–water partition coefficient (Wildman–Crippen LogP) is 6.78. The lowest BCUT2D eigenvalue weighted by molar-refractivity contribution is -0.384. The highest BCUT2D eigenvalue weighted by atomic mass is 35.5. The average Bonchev–Trinajstić information content (AvgIpc) is 3.47. The Bertz CT molecular complexity index is 1640. The zero-order valence-electron chi connectivity index (χ0n) is 20.8. The van der Waals surface area contributed by atoms with Crippen molar-refractivity contribution in [1.82, 2.24) is 0 Å². The summed E-state index contributed by atoms with van der Waals surface area (Å²) in [4.78, 5) is 26.0. The molecule has 1 aromatic heterocycles. The molecule has 0 aliphatic carbocycles. The number of amides is 1. The third-order valence-corrected chi connectivity index (χ3v) is 6.80. The quantitative estimate of drug-likeness (QED) is 0.0872. The average molecular weight is 593 g/mol. The largest absolute Gasteiger partial charge is 0.451 e. The number of benzene rings is 3. The summed E-state index contributed by atoms with van der Waals surface area (Å²) in [5.74, 6) is -10.4. The zero-order chi connectivity index (χ0) is 29.4. The van der Waals surface area contributed by atoms with Crippen LogP contribution in [-0.2, 0) is 0 Å². The summed E-state index contributed by atoms with van der Waals surface area (Å²) in [5, 5.41) is 13.9. The molecule has 0 bridgehead atoms. The maximum atomic E-state index is 14.2. The Labute approximate surface area is 233 Å². The molecule has 1 amide bonds. The van der Waals surface area contributed by atoms with Crippen LogP contribution in [0.25, 0.3) is 11.3 Å². The second kappa shape index (κ2) is 11.1. The Morgan fingerprint density at radius 1 is 0.854 bits per heavy atom. The smallest absolute Gasteiger partial charge is 0.291 e. The van der Waals surface area contributed by atoms with E-state index in [1.165, 1.54) is 36.4 Å². The van der Waals surface area contributed by atoms with Crippen molar-refractivity contribution in [2.24, 2.45) is 0 Å². The summed E-state index contributed by atoms with van der Waals surface area (Å²) < 4.78 is 74.7. The van der Waals surface area contributed by atoms with Gasteiger partial charge in [0, 0.05) is 49.6 Å². The number of nitrogens with zero attached hydrogens (tertiary/aromatic N) is 3. The zero-order valence-corrected chi connectivity index (χ0v) is 21.5. The van der Waals surface area contributed by atoms with Crippen LogP contribution in [0.3, 0.4) is 0 Å². The standard InChI is InChI=1S/C27H18ClF5N4O4/c28-17-13-15(34-27(38)20-7-6-19(41-20)14-2-1-3-16(12-14)37(39)40)4-5-18(17)35-8-10-36(11-9-35)26-24(32)22(30)21(29)23(31)25(26)33/h1-7,12-13H,8-11H2,(H,34,38). The van der Waals surface area contributed by atoms with Crippen LogP contribution < -0.4 is 15.1 Å². The first-order valence-electron chi connectivity index (χ1n) is 12.0. The van der Waals surface area contributed by atoms with Crippen molar-refractivity contribution in [2.75, 3.05) is 41.3 Å². The van der Waals surface area contributed by atoms with Crippen molar-refractivity contribution in [1.29, 1.82) is 0 Å². The number of hydrogen-bond donors (Lipinski definition) is 1. The molecular weight excluding hydrogens is 575 g/mol. The van der Waals surface area contributed by atoms with Crippen molar-refractivity contribution >= 4 is 40.3 Å². The summed E-state index contributed by atoms with van der Waals surface area (Å²) in [6.07, 6.45) is 0. The summed E-state index contributed by atoms with van der Waals surface area (Å²) in [7, 11) is 0. The highest BCUT2D eigenvalue weighted by molar-refractivity contribution is 6.33. The lowest BCUT2D eigenvalue weighted by atomic mass is 10.1. The number of carbonyl (C=O) groups excluding carboxylic acids is 1. The van der Waals surface area contributed by atoms with Gasteiger partial charge in [-0.2, -0.15) is 0 Å². The Morgan fingerprint density at radius 3 is 2.12 bits per heavy atom. The van der Waals surface area contributed by atoms with Gasteiger partial charge in [0.05, 0.1) is 15.6 Å². The first-order valence-corrected chi connectivity index (χ1v) is 12.4. The van der Waals surface area contributed by atoms with Crippen LogP contribution in [0.1, 0.15) is 10.6 Å². The predicted molar refractivity (Wildman–Crippen MR) is 141 cm³/mol. The van der Waals surface area contributed by atoms with Gasteiger partial charge >= 0.3 is 0 Å². The summed E-state index contributed by atoms with van der Waals surface area (Å²) in [6, 6.07) is 13.4. The number of hydrogen-bond acceptors (Lipinski definition) is 6. The fraction of sp³-hybridized carbons (Fsp3) is 0.148. The van der Waals surface area contributed by atoms with Gasteiger partial charge in [0.15, 0.2) is 29.0 Å². The van der Waals surface area contributed by atoms with E-state index in [4.69, 9.17) is 16.0 Å². The van der Waals surface area contributed by atoms with Crippen molar-refractivity contribution in [3.63, 3.8) is 0 Å². The molecule has 3 aromatic carbocycles. The van der Waals surface area contributed by atoms with Crippen LogP contribution in [0.5, 0.6) is 0 Å². The van der Waals surface area contributed by atoms with Crippen LogP contribution in [0.4, 0.5) is 44.7 Å². The molecule has 8 nitrogen and oxygen atoms in total. The molecule has 2 heterocycles. The molecule has 1 saturated heterocycles. The molecule has 0 spiro atoms. The number of nitrogens with one attached hydrogen (secondary N) is 1. The number of anilines is 3. The molecule has 1 N–H and O–H groups in total. The molecule has 5 rings (SSSR count). The maximum absolute atomic E-state index is 14.2. The van der Waals surface area contributed by atoms with Gasteiger partial charge in [-0.25, -0.2) is 22.0 Å². The molecule has 14 heteroatoms. The van der Waals surface area contributed by atoms with Gasteiger partial charge in [-0.3, -0.25) is 14.9 Å². The van der Waals surface area contributed by atoms with Crippen LogP contribution in [0.15, 0.2) is 59.0 Å². The number of nitro benzene ring substituents is 1. The van der Waals surface area contributed by atoms with E-state index in [0.29, 0.717) is 16.9 Å². The Morgan fingerprint density at radius 2 is 1.49 bits per heavy atom. The van der Waals surface area contributed by atoms with Gasteiger partial charge in [-0.1, -0.05) is 23.7 Å². The maximum Gasteiger partial charge on any atom is 0.291 e. The summed E-state index contributed by atoms with van der Waals surface area (Å²) in [5.41, 5.74) is 0.186. The molecule has 212 valence electrons. The number of rotatable bonds is 6. The van der Waals surface area contributed by atoms with Crippen LogP contribution in [0, 0.1) is 39.2 Å². The Hall–Kier alpha value is -4.65. The van der Waals surface area contributed by atoms with Gasteiger partial charge in [-0.15, -0.1) is 0 Å². The van der Waals surface area contributed by atoms with E-state index in [1.54, 1.807) is 23.1 Å². The number of carbonyl (C=O) groups is 1. The monoisotopic (exact) mass is 592 g/mol. The van der Waals surface area contributed by atoms with Crippen molar-refractivity contribution in [2.45, 2.75) is 0 Å². The van der Waals surface area contributed by atoms with Crippen molar-refractivity contribution in [3.8, 4) is 11.3 Å². The summed E-state index contributed by atoms with van der Waals surface area (Å²) >= 11 is 6.43. The SMILES string of the molecule is O=C(Nc1ccc(N2CCN(c3c(F)c(F)c(F)c(F)c3F)CC2)c(Cl)c1)c1ccc(-c2cccc([N+](=O)[O-])c2)o1. The fourth-order valence-corrected chi connectivity index (χ4v) is 4.76. The van der Waals surface area contributed by atoms with Crippen LogP contribution >= 0.6 is 11.6 Å². The van der Waals surface area contributed by atoms with Crippen LogP contribution in [-0.4, -0.2) is 37.0 Å². The third kappa shape index (κ3) is 5.40. The Balaban J connectivity index is 1.25.